The van der Waals surface area contributed by atoms with Crippen LogP contribution in [0.3, 0.4) is 0 Å². The Balaban J connectivity index is 1.76. The SMILES string of the molecule is CC1(C)C[C@H](CCCCn2ccc(S(N)(=O)=O)n2)CN1C(=O)O. The second-order valence-corrected chi connectivity index (χ2v) is 8.24. The average Bonchev–Trinajstić information content (AvgIpc) is 2.98. The van der Waals surface area contributed by atoms with E-state index in [1.807, 2.05) is 13.8 Å². The lowest BCUT2D eigenvalue weighted by Crippen LogP contribution is -2.41. The molecule has 2 rings (SSSR count). The summed E-state index contributed by atoms with van der Waals surface area (Å²) in [6.45, 7) is 5.12. The molecule has 9 heteroatoms. The van der Waals surface area contributed by atoms with Crippen LogP contribution in [0.2, 0.25) is 0 Å². The van der Waals surface area contributed by atoms with Crippen LogP contribution in [-0.4, -0.2) is 46.4 Å². The monoisotopic (exact) mass is 344 g/mol. The Kier molecular flexibility index (Phi) is 5.00. The van der Waals surface area contributed by atoms with Gasteiger partial charge in [-0.25, -0.2) is 18.4 Å². The van der Waals surface area contributed by atoms with E-state index in [0.717, 1.165) is 25.7 Å². The molecule has 0 radical (unpaired) electrons. The minimum atomic E-state index is -3.75. The van der Waals surface area contributed by atoms with Crippen LogP contribution in [0.25, 0.3) is 0 Å². The number of carbonyl (C=O) groups is 1. The number of likely N-dealkylation sites (tertiary alicyclic amines) is 1. The van der Waals surface area contributed by atoms with Gasteiger partial charge in [0, 0.05) is 24.8 Å². The van der Waals surface area contributed by atoms with E-state index in [1.165, 1.54) is 11.0 Å². The highest BCUT2D eigenvalue weighted by Crippen LogP contribution is 2.35. The Labute approximate surface area is 136 Å². The predicted octanol–water partition coefficient (Wildman–Crippen LogP) is 1.48. The summed E-state index contributed by atoms with van der Waals surface area (Å²) in [4.78, 5) is 12.7. The first-order valence-corrected chi connectivity index (χ1v) is 9.21. The average molecular weight is 344 g/mol. The molecule has 0 bridgehead atoms. The number of nitrogens with two attached hydrogens (primary N) is 1. The number of hydrogen-bond donors (Lipinski definition) is 2. The molecule has 0 aliphatic carbocycles. The normalized spacial score (nSPS) is 20.8. The van der Waals surface area contributed by atoms with Crippen LogP contribution in [0.4, 0.5) is 4.79 Å². The number of sulfonamides is 1. The number of primary sulfonamides is 1. The molecule has 0 unspecified atom stereocenters. The summed E-state index contributed by atoms with van der Waals surface area (Å²) in [5.41, 5.74) is -0.303. The molecular weight excluding hydrogens is 320 g/mol. The van der Waals surface area contributed by atoms with Gasteiger partial charge < -0.3 is 10.0 Å². The molecule has 0 saturated carbocycles. The summed E-state index contributed by atoms with van der Waals surface area (Å²) in [6.07, 6.45) is 4.37. The Hall–Kier alpha value is -1.61. The zero-order valence-corrected chi connectivity index (χ0v) is 14.3. The van der Waals surface area contributed by atoms with Crippen molar-refractivity contribution in [1.29, 1.82) is 0 Å². The van der Waals surface area contributed by atoms with E-state index in [9.17, 15) is 18.3 Å². The minimum absolute atomic E-state index is 0.118. The lowest BCUT2D eigenvalue weighted by atomic mass is 9.93. The summed E-state index contributed by atoms with van der Waals surface area (Å²) in [5.74, 6) is 0.374. The molecule has 8 nitrogen and oxygen atoms in total. The van der Waals surface area contributed by atoms with Crippen LogP contribution in [0.1, 0.15) is 39.5 Å². The van der Waals surface area contributed by atoms with Gasteiger partial charge in [0.05, 0.1) is 0 Å². The van der Waals surface area contributed by atoms with E-state index < -0.39 is 16.1 Å². The van der Waals surface area contributed by atoms with Crippen molar-refractivity contribution in [1.82, 2.24) is 14.7 Å². The maximum atomic E-state index is 11.2. The Morgan fingerprint density at radius 3 is 2.70 bits per heavy atom. The fourth-order valence-electron chi connectivity index (χ4n) is 3.24. The lowest BCUT2D eigenvalue weighted by molar-refractivity contribution is 0.117. The van der Waals surface area contributed by atoms with Gasteiger partial charge in [-0.2, -0.15) is 5.10 Å². The van der Waals surface area contributed by atoms with Crippen LogP contribution in [0, 0.1) is 5.92 Å². The molecule has 23 heavy (non-hydrogen) atoms. The van der Waals surface area contributed by atoms with E-state index in [-0.39, 0.29) is 10.6 Å². The quantitative estimate of drug-likeness (QED) is 0.758. The number of carboxylic acid groups (broad SMARTS) is 1. The van der Waals surface area contributed by atoms with E-state index >= 15 is 0 Å². The zero-order chi connectivity index (χ0) is 17.3. The summed E-state index contributed by atoms with van der Waals surface area (Å²) in [6, 6.07) is 1.39. The summed E-state index contributed by atoms with van der Waals surface area (Å²) in [7, 11) is -3.75. The Morgan fingerprint density at radius 1 is 1.48 bits per heavy atom. The van der Waals surface area contributed by atoms with E-state index in [4.69, 9.17) is 5.14 Å². The molecule has 1 saturated heterocycles. The van der Waals surface area contributed by atoms with Crippen molar-refractivity contribution in [2.75, 3.05) is 6.54 Å². The van der Waals surface area contributed by atoms with Gasteiger partial charge in [0.25, 0.3) is 10.0 Å². The molecule has 1 aromatic heterocycles. The number of aromatic nitrogens is 2. The van der Waals surface area contributed by atoms with Gasteiger partial charge in [-0.15, -0.1) is 0 Å². The molecule has 1 amide bonds. The third-order valence-electron chi connectivity index (χ3n) is 4.35. The molecule has 1 aliphatic rings. The minimum Gasteiger partial charge on any atom is -0.465 e. The number of nitrogens with zero attached hydrogens (tertiary/aromatic N) is 3. The summed E-state index contributed by atoms with van der Waals surface area (Å²) < 4.78 is 23.9. The molecule has 1 aromatic rings. The fraction of sp³-hybridized carbons (Fsp3) is 0.714. The molecule has 1 fully saturated rings. The van der Waals surface area contributed by atoms with E-state index in [0.29, 0.717) is 19.0 Å². The van der Waals surface area contributed by atoms with E-state index in [2.05, 4.69) is 5.10 Å². The van der Waals surface area contributed by atoms with Gasteiger partial charge in [-0.1, -0.05) is 6.42 Å². The Morgan fingerprint density at radius 2 is 2.17 bits per heavy atom. The van der Waals surface area contributed by atoms with Crippen molar-refractivity contribution in [3.05, 3.63) is 12.3 Å². The highest BCUT2D eigenvalue weighted by atomic mass is 32.2. The van der Waals surface area contributed by atoms with Crippen LogP contribution in [0.15, 0.2) is 17.3 Å². The standard InChI is InChI=1S/C14H24N4O4S/c1-14(2)9-11(10-18(14)13(19)20)5-3-4-7-17-8-6-12(16-17)23(15,21)22/h6,8,11H,3-5,7,9-10H2,1-2H3,(H,19,20)(H2,15,21,22)/t11-/m0/s1. The van der Waals surface area contributed by atoms with Gasteiger partial charge in [0.15, 0.2) is 5.03 Å². The van der Waals surface area contributed by atoms with Crippen molar-refractivity contribution in [3.8, 4) is 0 Å². The van der Waals surface area contributed by atoms with Gasteiger partial charge in [-0.05, 0) is 45.1 Å². The number of hydrogen-bond acceptors (Lipinski definition) is 4. The number of rotatable bonds is 6. The maximum Gasteiger partial charge on any atom is 0.407 e. The van der Waals surface area contributed by atoms with Gasteiger partial charge in [-0.3, -0.25) is 4.68 Å². The number of unbranched alkanes of at least 4 members (excludes halogenated alkanes) is 1. The first kappa shape index (κ1) is 17.7. The van der Waals surface area contributed by atoms with E-state index in [1.54, 1.807) is 10.9 Å². The highest BCUT2D eigenvalue weighted by molar-refractivity contribution is 7.89. The third kappa shape index (κ3) is 4.44. The second kappa shape index (κ2) is 6.48. The molecule has 0 spiro atoms. The number of amides is 1. The second-order valence-electron chi connectivity index (χ2n) is 6.73. The molecule has 0 aromatic carbocycles. The third-order valence-corrected chi connectivity index (χ3v) is 5.15. The summed E-state index contributed by atoms with van der Waals surface area (Å²) >= 11 is 0. The highest BCUT2D eigenvalue weighted by Gasteiger charge is 2.40. The van der Waals surface area contributed by atoms with Gasteiger partial charge >= 0.3 is 6.09 Å². The van der Waals surface area contributed by atoms with Crippen LogP contribution < -0.4 is 5.14 Å². The first-order valence-electron chi connectivity index (χ1n) is 7.66. The predicted molar refractivity (Wildman–Crippen MR) is 84.4 cm³/mol. The van der Waals surface area contributed by atoms with Gasteiger partial charge in [0.2, 0.25) is 0 Å². The van der Waals surface area contributed by atoms with Crippen molar-refractivity contribution >= 4 is 16.1 Å². The largest absolute Gasteiger partial charge is 0.465 e. The molecule has 3 N–H and O–H groups in total. The fourth-order valence-corrected chi connectivity index (χ4v) is 3.71. The van der Waals surface area contributed by atoms with Crippen molar-refractivity contribution in [2.45, 2.75) is 56.6 Å². The lowest BCUT2D eigenvalue weighted by Gasteiger charge is -2.28. The van der Waals surface area contributed by atoms with Gasteiger partial charge in [0.1, 0.15) is 0 Å². The summed E-state index contributed by atoms with van der Waals surface area (Å²) in [5, 5.41) is 18.0. The smallest absolute Gasteiger partial charge is 0.407 e. The molecule has 2 heterocycles. The first-order chi connectivity index (χ1) is 10.6. The van der Waals surface area contributed by atoms with Crippen molar-refractivity contribution in [3.63, 3.8) is 0 Å². The van der Waals surface area contributed by atoms with Crippen molar-refractivity contribution < 1.29 is 18.3 Å². The molecule has 1 atom stereocenters. The Bertz CT molecular complexity index is 668. The number of aryl methyl sites for hydroxylation is 1. The van der Waals surface area contributed by atoms with Crippen LogP contribution >= 0.6 is 0 Å². The van der Waals surface area contributed by atoms with Crippen LogP contribution in [0.5, 0.6) is 0 Å². The zero-order valence-electron chi connectivity index (χ0n) is 13.5. The molecule has 130 valence electrons. The van der Waals surface area contributed by atoms with Crippen molar-refractivity contribution in [2.24, 2.45) is 11.1 Å². The topological polar surface area (TPSA) is 119 Å². The maximum absolute atomic E-state index is 11.2. The molecular formula is C14H24N4O4S. The van der Waals surface area contributed by atoms with Crippen LogP contribution in [-0.2, 0) is 16.6 Å². The molecule has 1 aliphatic heterocycles.